The molecule has 1 aliphatic heterocycles. The van der Waals surface area contributed by atoms with Crippen LogP contribution in [0.15, 0.2) is 0 Å². The summed E-state index contributed by atoms with van der Waals surface area (Å²) >= 11 is 1.08. The van der Waals surface area contributed by atoms with E-state index in [1.807, 2.05) is 0 Å². The van der Waals surface area contributed by atoms with Gasteiger partial charge in [0.2, 0.25) is 5.13 Å². The topological polar surface area (TPSA) is 95.4 Å². The van der Waals surface area contributed by atoms with Gasteiger partial charge in [-0.25, -0.2) is 14.6 Å². The summed E-state index contributed by atoms with van der Waals surface area (Å²) in [6.07, 6.45) is 1.21. The maximum absolute atomic E-state index is 11.8. The Hall–Kier alpha value is -1.70. The van der Waals surface area contributed by atoms with Crippen LogP contribution in [0, 0.1) is 6.92 Å². The Morgan fingerprint density at radius 2 is 2.35 bits per heavy atom. The highest BCUT2D eigenvalue weighted by Gasteiger charge is 2.34. The van der Waals surface area contributed by atoms with E-state index in [0.717, 1.165) is 11.5 Å². The quantitative estimate of drug-likeness (QED) is 0.820. The maximum Gasteiger partial charge on any atom is 0.326 e. The number of rotatable bonds is 2. The summed E-state index contributed by atoms with van der Waals surface area (Å²) in [4.78, 5) is 28.1. The predicted octanol–water partition coefficient (Wildman–Crippen LogP) is 0.927. The minimum absolute atomic E-state index is 0.392. The molecule has 1 saturated heterocycles. The monoisotopic (exact) mass is 256 g/mol. The fourth-order valence-electron chi connectivity index (χ4n) is 1.78. The largest absolute Gasteiger partial charge is 0.480 e. The molecule has 0 aliphatic carbocycles. The third kappa shape index (κ3) is 2.52. The Bertz CT molecular complexity index is 447. The van der Waals surface area contributed by atoms with Crippen molar-refractivity contribution in [1.29, 1.82) is 0 Å². The molecule has 17 heavy (non-hydrogen) atoms. The van der Waals surface area contributed by atoms with Crippen molar-refractivity contribution in [2.45, 2.75) is 25.8 Å². The lowest BCUT2D eigenvalue weighted by Gasteiger charge is -2.20. The van der Waals surface area contributed by atoms with Crippen molar-refractivity contribution in [3.05, 3.63) is 5.82 Å². The van der Waals surface area contributed by atoms with E-state index in [0.29, 0.717) is 30.3 Å². The number of nitrogens with zero attached hydrogens (tertiary/aromatic N) is 3. The van der Waals surface area contributed by atoms with Crippen molar-refractivity contribution in [3.8, 4) is 0 Å². The first-order valence-electron chi connectivity index (χ1n) is 5.18. The average molecular weight is 256 g/mol. The molecule has 0 spiro atoms. The van der Waals surface area contributed by atoms with Gasteiger partial charge < -0.3 is 10.0 Å². The van der Waals surface area contributed by atoms with Gasteiger partial charge in [0.25, 0.3) is 0 Å². The van der Waals surface area contributed by atoms with Gasteiger partial charge in [-0.1, -0.05) is 0 Å². The normalized spacial score (nSPS) is 19.4. The average Bonchev–Trinajstić information content (AvgIpc) is 2.86. The molecule has 1 unspecified atom stereocenters. The molecule has 92 valence electrons. The number of amides is 2. The second-order valence-corrected chi connectivity index (χ2v) is 4.52. The van der Waals surface area contributed by atoms with Gasteiger partial charge in [0.05, 0.1) is 0 Å². The fraction of sp³-hybridized carbons (Fsp3) is 0.556. The van der Waals surface area contributed by atoms with E-state index in [2.05, 4.69) is 14.7 Å². The molecule has 2 rings (SSSR count). The molecule has 0 bridgehead atoms. The second kappa shape index (κ2) is 4.66. The van der Waals surface area contributed by atoms with Gasteiger partial charge in [0, 0.05) is 18.1 Å². The van der Waals surface area contributed by atoms with Gasteiger partial charge in [-0.2, -0.15) is 4.37 Å². The summed E-state index contributed by atoms with van der Waals surface area (Å²) in [5.41, 5.74) is 0. The van der Waals surface area contributed by atoms with E-state index >= 15 is 0 Å². The molecule has 7 nitrogen and oxygen atoms in total. The van der Waals surface area contributed by atoms with E-state index in [1.165, 1.54) is 4.90 Å². The number of hydrogen-bond donors (Lipinski definition) is 2. The number of likely N-dealkylation sites (tertiary alicyclic amines) is 1. The molecular formula is C9H12N4O3S. The minimum Gasteiger partial charge on any atom is -0.480 e. The number of carbonyl (C=O) groups is 2. The maximum atomic E-state index is 11.8. The Morgan fingerprint density at radius 1 is 1.59 bits per heavy atom. The summed E-state index contributed by atoms with van der Waals surface area (Å²) in [6, 6.07) is -1.16. The number of aromatic nitrogens is 2. The Balaban J connectivity index is 2.02. The van der Waals surface area contributed by atoms with Crippen LogP contribution in [0.2, 0.25) is 0 Å². The van der Waals surface area contributed by atoms with Crippen LogP contribution in [0.4, 0.5) is 9.93 Å². The molecular weight excluding hydrogens is 244 g/mol. The van der Waals surface area contributed by atoms with Crippen molar-refractivity contribution in [2.24, 2.45) is 0 Å². The van der Waals surface area contributed by atoms with Crippen molar-refractivity contribution >= 4 is 28.7 Å². The Morgan fingerprint density at radius 3 is 2.94 bits per heavy atom. The molecule has 0 aromatic carbocycles. The highest BCUT2D eigenvalue weighted by atomic mass is 32.1. The zero-order valence-corrected chi connectivity index (χ0v) is 10.0. The van der Waals surface area contributed by atoms with Gasteiger partial charge in [-0.05, 0) is 19.8 Å². The molecule has 1 aliphatic rings. The van der Waals surface area contributed by atoms with Gasteiger partial charge in [-0.15, -0.1) is 0 Å². The van der Waals surface area contributed by atoms with Crippen molar-refractivity contribution < 1.29 is 14.7 Å². The summed E-state index contributed by atoms with van der Waals surface area (Å²) in [6.45, 7) is 2.18. The number of nitrogens with one attached hydrogen (secondary N) is 1. The molecule has 0 saturated carbocycles. The van der Waals surface area contributed by atoms with Crippen molar-refractivity contribution in [2.75, 3.05) is 11.9 Å². The number of carboxylic acids is 1. The second-order valence-electron chi connectivity index (χ2n) is 3.77. The first-order chi connectivity index (χ1) is 8.08. The zero-order valence-electron chi connectivity index (χ0n) is 9.21. The van der Waals surface area contributed by atoms with Gasteiger partial charge in [0.15, 0.2) is 0 Å². The van der Waals surface area contributed by atoms with Crippen molar-refractivity contribution in [3.63, 3.8) is 0 Å². The van der Waals surface area contributed by atoms with Crippen LogP contribution in [0.5, 0.6) is 0 Å². The Kier molecular flexibility index (Phi) is 3.23. The van der Waals surface area contributed by atoms with Gasteiger partial charge in [0.1, 0.15) is 11.9 Å². The lowest BCUT2D eigenvalue weighted by molar-refractivity contribution is -0.141. The number of urea groups is 1. The fourth-order valence-corrected chi connectivity index (χ4v) is 2.34. The molecule has 1 fully saturated rings. The van der Waals surface area contributed by atoms with Crippen LogP contribution in [-0.4, -0.2) is 44.0 Å². The number of aliphatic carboxylic acids is 1. The molecule has 1 aromatic heterocycles. The highest BCUT2D eigenvalue weighted by Crippen LogP contribution is 2.19. The molecule has 2 amide bonds. The van der Waals surface area contributed by atoms with Crippen LogP contribution in [0.1, 0.15) is 18.7 Å². The standard InChI is InChI=1S/C9H12N4O3S/c1-5-10-8(17-12-5)11-9(16)13-4-2-3-6(13)7(14)15/h6H,2-4H2,1H3,(H,14,15)(H,10,11,12,16). The van der Waals surface area contributed by atoms with Gasteiger partial charge >= 0.3 is 12.0 Å². The summed E-state index contributed by atoms with van der Waals surface area (Å²) < 4.78 is 3.93. The molecule has 0 radical (unpaired) electrons. The number of carbonyl (C=O) groups excluding carboxylic acids is 1. The molecule has 8 heteroatoms. The Labute approximate surface area is 102 Å². The smallest absolute Gasteiger partial charge is 0.326 e. The first-order valence-corrected chi connectivity index (χ1v) is 5.96. The molecule has 1 aromatic rings. The first kappa shape index (κ1) is 11.8. The molecule has 2 N–H and O–H groups in total. The molecule has 1 atom stereocenters. The van der Waals surface area contributed by atoms with E-state index in [9.17, 15) is 9.59 Å². The molecule has 2 heterocycles. The lowest BCUT2D eigenvalue weighted by atomic mass is 10.2. The number of hydrogen-bond acceptors (Lipinski definition) is 5. The van der Waals surface area contributed by atoms with E-state index in [4.69, 9.17) is 5.11 Å². The van der Waals surface area contributed by atoms with Crippen LogP contribution in [-0.2, 0) is 4.79 Å². The van der Waals surface area contributed by atoms with Gasteiger partial charge in [-0.3, -0.25) is 5.32 Å². The van der Waals surface area contributed by atoms with E-state index in [1.54, 1.807) is 6.92 Å². The van der Waals surface area contributed by atoms with Crippen molar-refractivity contribution in [1.82, 2.24) is 14.3 Å². The van der Waals surface area contributed by atoms with E-state index < -0.39 is 18.0 Å². The third-order valence-electron chi connectivity index (χ3n) is 2.54. The lowest BCUT2D eigenvalue weighted by Crippen LogP contribution is -2.42. The van der Waals surface area contributed by atoms with Crippen LogP contribution >= 0.6 is 11.5 Å². The summed E-state index contributed by atoms with van der Waals surface area (Å²) in [5, 5.41) is 11.9. The minimum atomic E-state index is -0.967. The number of carboxylic acid groups (broad SMARTS) is 1. The number of anilines is 1. The zero-order chi connectivity index (χ0) is 12.4. The predicted molar refractivity (Wildman–Crippen MR) is 61.0 cm³/mol. The summed E-state index contributed by atoms with van der Waals surface area (Å²) in [5.74, 6) is -0.382. The number of aryl methyl sites for hydroxylation is 1. The van der Waals surface area contributed by atoms with Crippen LogP contribution < -0.4 is 5.32 Å². The third-order valence-corrected chi connectivity index (χ3v) is 3.26. The summed E-state index contributed by atoms with van der Waals surface area (Å²) in [7, 11) is 0. The SMILES string of the molecule is Cc1nsc(NC(=O)N2CCCC2C(=O)O)n1. The highest BCUT2D eigenvalue weighted by molar-refractivity contribution is 7.09. The van der Waals surface area contributed by atoms with E-state index in [-0.39, 0.29) is 0 Å². The van der Waals surface area contributed by atoms with Crippen LogP contribution in [0.3, 0.4) is 0 Å². The van der Waals surface area contributed by atoms with Crippen LogP contribution in [0.25, 0.3) is 0 Å².